The topological polar surface area (TPSA) is 56.5 Å². The number of benzene rings is 1. The molecule has 1 unspecified atom stereocenters. The van der Waals surface area contributed by atoms with Crippen molar-refractivity contribution in [3.63, 3.8) is 0 Å². The van der Waals surface area contributed by atoms with Crippen LogP contribution in [0.5, 0.6) is 5.75 Å². The molecule has 1 aliphatic rings. The first-order valence-corrected chi connectivity index (χ1v) is 6.90. The third-order valence-corrected chi connectivity index (χ3v) is 3.89. The van der Waals surface area contributed by atoms with Crippen LogP contribution in [0.15, 0.2) is 24.3 Å². The molecule has 1 fully saturated rings. The minimum Gasteiger partial charge on any atom is -0.491 e. The highest BCUT2D eigenvalue weighted by atomic mass is 16.5. The molecule has 3 N–H and O–H groups in total. The Labute approximate surface area is 115 Å². The lowest BCUT2D eigenvalue weighted by Crippen LogP contribution is -2.52. The summed E-state index contributed by atoms with van der Waals surface area (Å²) in [7, 11) is 1.76. The Morgan fingerprint density at radius 2 is 1.95 bits per heavy atom. The molecule has 0 heterocycles. The fraction of sp³-hybridized carbons (Fsp3) is 0.600. The van der Waals surface area contributed by atoms with Gasteiger partial charge in [0.05, 0.1) is 17.7 Å². The molecule has 0 aromatic heterocycles. The lowest BCUT2D eigenvalue weighted by Gasteiger charge is -2.46. The van der Waals surface area contributed by atoms with Gasteiger partial charge in [-0.15, -0.1) is 0 Å². The summed E-state index contributed by atoms with van der Waals surface area (Å²) in [5.41, 5.74) is 3.79. The third-order valence-electron chi connectivity index (χ3n) is 3.89. The van der Waals surface area contributed by atoms with Gasteiger partial charge in [-0.3, -0.25) is 5.84 Å². The van der Waals surface area contributed by atoms with Crippen molar-refractivity contribution in [3.8, 4) is 5.75 Å². The molecule has 1 aliphatic carbocycles. The zero-order chi connectivity index (χ0) is 13.9. The number of hydrazine groups is 1. The number of nitrogens with two attached hydrogens (primary N) is 1. The number of methoxy groups -OCH3 is 1. The Bertz CT molecular complexity index is 411. The first-order valence-electron chi connectivity index (χ1n) is 6.90. The van der Waals surface area contributed by atoms with Gasteiger partial charge in [0.15, 0.2) is 0 Å². The maximum absolute atomic E-state index is 5.89. The van der Waals surface area contributed by atoms with Crippen molar-refractivity contribution in [2.75, 3.05) is 7.11 Å². The predicted molar refractivity (Wildman–Crippen MR) is 75.9 cm³/mol. The van der Waals surface area contributed by atoms with Gasteiger partial charge in [-0.1, -0.05) is 18.2 Å². The van der Waals surface area contributed by atoms with Gasteiger partial charge < -0.3 is 9.47 Å². The van der Waals surface area contributed by atoms with Crippen LogP contribution < -0.4 is 16.0 Å². The molecule has 1 atom stereocenters. The molecule has 0 bridgehead atoms. The maximum atomic E-state index is 5.89. The molecule has 1 aromatic carbocycles. The molecule has 19 heavy (non-hydrogen) atoms. The summed E-state index contributed by atoms with van der Waals surface area (Å²) in [5.74, 6) is 6.67. The van der Waals surface area contributed by atoms with Crippen molar-refractivity contribution in [1.29, 1.82) is 0 Å². The average Bonchev–Trinajstić information content (AvgIpc) is 2.34. The zero-order valence-electron chi connectivity index (χ0n) is 12.0. The molecule has 0 saturated heterocycles. The molecule has 1 saturated carbocycles. The summed E-state index contributed by atoms with van der Waals surface area (Å²) in [5, 5.41) is 0. The minimum atomic E-state index is -0.203. The van der Waals surface area contributed by atoms with Gasteiger partial charge in [0.1, 0.15) is 5.75 Å². The molecule has 0 amide bonds. The maximum Gasteiger partial charge on any atom is 0.124 e. The third kappa shape index (κ3) is 2.76. The van der Waals surface area contributed by atoms with Crippen molar-refractivity contribution < 1.29 is 9.47 Å². The van der Waals surface area contributed by atoms with Crippen LogP contribution in [0.1, 0.15) is 44.7 Å². The van der Waals surface area contributed by atoms with Crippen LogP contribution in [0.2, 0.25) is 0 Å². The predicted octanol–water partition coefficient (Wildman–Crippen LogP) is 2.55. The van der Waals surface area contributed by atoms with Crippen LogP contribution in [0.3, 0.4) is 0 Å². The van der Waals surface area contributed by atoms with Crippen molar-refractivity contribution in [2.45, 2.75) is 50.9 Å². The second kappa shape index (κ2) is 5.90. The molecular weight excluding hydrogens is 240 g/mol. The largest absolute Gasteiger partial charge is 0.491 e. The Balaban J connectivity index is 2.32. The van der Waals surface area contributed by atoms with E-state index >= 15 is 0 Å². The highest BCUT2D eigenvalue weighted by molar-refractivity contribution is 5.38. The number of nitrogens with one attached hydrogen (secondary N) is 1. The van der Waals surface area contributed by atoms with Gasteiger partial charge in [0.2, 0.25) is 0 Å². The minimum absolute atomic E-state index is 0.0406. The summed E-state index contributed by atoms with van der Waals surface area (Å²) in [6.07, 6.45) is 3.36. The van der Waals surface area contributed by atoms with Crippen molar-refractivity contribution in [1.82, 2.24) is 5.43 Å². The van der Waals surface area contributed by atoms with E-state index in [0.29, 0.717) is 0 Å². The molecule has 2 rings (SSSR count). The smallest absolute Gasteiger partial charge is 0.124 e. The monoisotopic (exact) mass is 264 g/mol. The number of ether oxygens (including phenoxy) is 2. The number of para-hydroxylation sites is 1. The summed E-state index contributed by atoms with van der Waals surface area (Å²) >= 11 is 0. The van der Waals surface area contributed by atoms with E-state index in [1.165, 1.54) is 6.42 Å². The number of hydrogen-bond acceptors (Lipinski definition) is 4. The van der Waals surface area contributed by atoms with Crippen LogP contribution in [0, 0.1) is 0 Å². The molecule has 0 spiro atoms. The Hall–Kier alpha value is -1.10. The highest BCUT2D eigenvalue weighted by Crippen LogP contribution is 2.46. The molecule has 0 radical (unpaired) electrons. The lowest BCUT2D eigenvalue weighted by molar-refractivity contribution is -0.100. The van der Waals surface area contributed by atoms with E-state index in [-0.39, 0.29) is 17.7 Å². The first kappa shape index (κ1) is 14.3. The van der Waals surface area contributed by atoms with Crippen LogP contribution in [0.4, 0.5) is 0 Å². The molecule has 4 nitrogen and oxygen atoms in total. The zero-order valence-corrected chi connectivity index (χ0v) is 12.0. The van der Waals surface area contributed by atoms with Crippen LogP contribution in [0.25, 0.3) is 0 Å². The Kier molecular flexibility index (Phi) is 4.45. The van der Waals surface area contributed by atoms with Gasteiger partial charge in [-0.25, -0.2) is 5.43 Å². The SMILES string of the molecule is COC1(C(NN)c2ccccc2OC(C)C)CCC1. The summed E-state index contributed by atoms with van der Waals surface area (Å²) in [4.78, 5) is 0. The van der Waals surface area contributed by atoms with E-state index < -0.39 is 0 Å². The van der Waals surface area contributed by atoms with Gasteiger partial charge in [0.25, 0.3) is 0 Å². The van der Waals surface area contributed by atoms with Crippen molar-refractivity contribution >= 4 is 0 Å². The van der Waals surface area contributed by atoms with Crippen LogP contribution in [-0.2, 0) is 4.74 Å². The molecule has 4 heteroatoms. The molecule has 106 valence electrons. The molecule has 1 aromatic rings. The van der Waals surface area contributed by atoms with E-state index in [0.717, 1.165) is 24.2 Å². The first-order chi connectivity index (χ1) is 9.13. The normalized spacial score (nSPS) is 19.0. The van der Waals surface area contributed by atoms with E-state index in [2.05, 4.69) is 11.5 Å². The van der Waals surface area contributed by atoms with E-state index in [4.69, 9.17) is 15.3 Å². The summed E-state index contributed by atoms with van der Waals surface area (Å²) in [6.45, 7) is 4.05. The Morgan fingerprint density at radius 1 is 1.26 bits per heavy atom. The quantitative estimate of drug-likeness (QED) is 0.612. The number of hydrogen-bond donors (Lipinski definition) is 2. The van der Waals surface area contributed by atoms with Gasteiger partial charge in [-0.05, 0) is 39.2 Å². The van der Waals surface area contributed by atoms with Crippen LogP contribution >= 0.6 is 0 Å². The second-order valence-corrected chi connectivity index (χ2v) is 5.43. The van der Waals surface area contributed by atoms with Gasteiger partial charge in [0, 0.05) is 12.7 Å². The molecule has 0 aliphatic heterocycles. The average molecular weight is 264 g/mol. The fourth-order valence-corrected chi connectivity index (χ4v) is 2.74. The second-order valence-electron chi connectivity index (χ2n) is 5.43. The molecular formula is C15H24N2O2. The highest BCUT2D eigenvalue weighted by Gasteiger charge is 2.45. The van der Waals surface area contributed by atoms with Gasteiger partial charge in [-0.2, -0.15) is 0 Å². The summed E-state index contributed by atoms with van der Waals surface area (Å²) < 4.78 is 11.6. The fourth-order valence-electron chi connectivity index (χ4n) is 2.74. The van der Waals surface area contributed by atoms with E-state index in [1.807, 2.05) is 32.0 Å². The van der Waals surface area contributed by atoms with E-state index in [9.17, 15) is 0 Å². The van der Waals surface area contributed by atoms with Crippen molar-refractivity contribution in [2.24, 2.45) is 5.84 Å². The van der Waals surface area contributed by atoms with Gasteiger partial charge >= 0.3 is 0 Å². The Morgan fingerprint density at radius 3 is 2.42 bits per heavy atom. The standard InChI is InChI=1S/C15H24N2O2/c1-11(2)19-13-8-5-4-7-12(13)14(17-16)15(18-3)9-6-10-15/h4-5,7-8,11,14,17H,6,9-10,16H2,1-3H3. The summed E-state index contributed by atoms with van der Waals surface area (Å²) in [6, 6.07) is 7.99. The van der Waals surface area contributed by atoms with Crippen molar-refractivity contribution in [3.05, 3.63) is 29.8 Å². The number of rotatable bonds is 6. The van der Waals surface area contributed by atoms with E-state index in [1.54, 1.807) is 7.11 Å². The lowest BCUT2D eigenvalue weighted by atomic mass is 9.72. The van der Waals surface area contributed by atoms with Crippen LogP contribution in [-0.4, -0.2) is 18.8 Å².